The number of carbonyl (C=O) groups is 1. The number of carbonyl (C=O) groups excluding carboxylic acids is 1. The van der Waals surface area contributed by atoms with Gasteiger partial charge in [-0.15, -0.1) is 11.3 Å². The fourth-order valence-corrected chi connectivity index (χ4v) is 2.97. The summed E-state index contributed by atoms with van der Waals surface area (Å²) < 4.78 is 4.89. The van der Waals surface area contributed by atoms with Crippen LogP contribution in [0.2, 0.25) is 0 Å². The molecule has 0 bridgehead atoms. The second-order valence-electron chi connectivity index (χ2n) is 5.24. The number of benzene rings is 2. The topological polar surface area (TPSA) is 97.5 Å². The summed E-state index contributed by atoms with van der Waals surface area (Å²) in [5, 5.41) is 15.7. The first-order valence-electron chi connectivity index (χ1n) is 7.65. The van der Waals surface area contributed by atoms with Crippen molar-refractivity contribution < 1.29 is 14.6 Å². The lowest BCUT2D eigenvalue weighted by Crippen LogP contribution is -2.05. The van der Waals surface area contributed by atoms with Crippen LogP contribution in [-0.2, 0) is 4.74 Å². The van der Waals surface area contributed by atoms with Crippen molar-refractivity contribution in [2.24, 2.45) is 0 Å². The molecule has 0 radical (unpaired) electrons. The molecule has 0 aliphatic rings. The van der Waals surface area contributed by atoms with Gasteiger partial charge in [0.05, 0.1) is 12.3 Å². The van der Waals surface area contributed by atoms with E-state index < -0.39 is 5.97 Å². The molecule has 7 heteroatoms. The maximum atomic E-state index is 11.7. The number of phenols is 1. The van der Waals surface area contributed by atoms with E-state index in [-0.39, 0.29) is 17.9 Å². The molecule has 0 saturated heterocycles. The number of hydrogen-bond acceptors (Lipinski definition) is 7. The molecule has 0 spiro atoms. The van der Waals surface area contributed by atoms with E-state index in [9.17, 15) is 9.90 Å². The molecular formula is C18H17N3O3S. The standard InChI is InChI=1S/C18H17N3O3S/c1-2-24-17(23)14-8-7-13(9-16(14)22)20-18-21-15(10-25-18)11-3-5-12(19)6-4-11/h3-10,22H,2,19H2,1H3,(H,20,21). The second kappa shape index (κ2) is 7.23. The summed E-state index contributed by atoms with van der Waals surface area (Å²) in [5.41, 5.74) is 8.96. The summed E-state index contributed by atoms with van der Waals surface area (Å²) in [6.07, 6.45) is 0. The third kappa shape index (κ3) is 3.89. The zero-order valence-electron chi connectivity index (χ0n) is 13.5. The van der Waals surface area contributed by atoms with Gasteiger partial charge in [-0.05, 0) is 31.2 Å². The average Bonchev–Trinajstić information content (AvgIpc) is 3.04. The molecular weight excluding hydrogens is 338 g/mol. The van der Waals surface area contributed by atoms with Crippen molar-refractivity contribution in [3.63, 3.8) is 0 Å². The van der Waals surface area contributed by atoms with E-state index in [0.717, 1.165) is 11.3 Å². The number of aromatic nitrogens is 1. The minimum absolute atomic E-state index is 0.133. The first-order chi connectivity index (χ1) is 12.1. The van der Waals surface area contributed by atoms with Crippen LogP contribution in [0.15, 0.2) is 47.8 Å². The summed E-state index contributed by atoms with van der Waals surface area (Å²) in [7, 11) is 0. The van der Waals surface area contributed by atoms with Crippen LogP contribution < -0.4 is 11.1 Å². The lowest BCUT2D eigenvalue weighted by molar-refractivity contribution is 0.0523. The Labute approximate surface area is 148 Å². The van der Waals surface area contributed by atoms with Gasteiger partial charge in [0, 0.05) is 28.4 Å². The van der Waals surface area contributed by atoms with Crippen LogP contribution in [0.1, 0.15) is 17.3 Å². The second-order valence-corrected chi connectivity index (χ2v) is 6.10. The highest BCUT2D eigenvalue weighted by Gasteiger charge is 2.13. The number of anilines is 3. The van der Waals surface area contributed by atoms with Gasteiger partial charge in [0.15, 0.2) is 5.13 Å². The number of phenolic OH excluding ortho intramolecular Hbond substituents is 1. The molecule has 6 nitrogen and oxygen atoms in total. The number of nitrogens with two attached hydrogens (primary N) is 1. The van der Waals surface area contributed by atoms with Gasteiger partial charge in [0.1, 0.15) is 11.3 Å². The molecule has 2 aromatic carbocycles. The van der Waals surface area contributed by atoms with E-state index in [1.165, 1.54) is 23.5 Å². The third-order valence-corrected chi connectivity index (χ3v) is 4.21. The number of ether oxygens (including phenoxy) is 1. The highest BCUT2D eigenvalue weighted by atomic mass is 32.1. The average molecular weight is 355 g/mol. The summed E-state index contributed by atoms with van der Waals surface area (Å²) >= 11 is 1.44. The lowest BCUT2D eigenvalue weighted by Gasteiger charge is -2.07. The number of thiazole rings is 1. The fourth-order valence-electron chi connectivity index (χ4n) is 2.23. The Kier molecular flexibility index (Phi) is 4.85. The lowest BCUT2D eigenvalue weighted by atomic mass is 10.1. The van der Waals surface area contributed by atoms with Crippen molar-refractivity contribution in [1.82, 2.24) is 4.98 Å². The van der Waals surface area contributed by atoms with Gasteiger partial charge < -0.3 is 20.9 Å². The van der Waals surface area contributed by atoms with E-state index in [4.69, 9.17) is 10.5 Å². The number of hydrogen-bond donors (Lipinski definition) is 3. The van der Waals surface area contributed by atoms with E-state index >= 15 is 0 Å². The van der Waals surface area contributed by atoms with Gasteiger partial charge in [0.25, 0.3) is 0 Å². The minimum Gasteiger partial charge on any atom is -0.507 e. The molecule has 128 valence electrons. The Bertz CT molecular complexity index is 891. The molecule has 0 saturated carbocycles. The molecule has 3 rings (SSSR count). The van der Waals surface area contributed by atoms with Crippen molar-refractivity contribution in [3.8, 4) is 17.0 Å². The maximum absolute atomic E-state index is 11.7. The van der Waals surface area contributed by atoms with Crippen molar-refractivity contribution in [3.05, 3.63) is 53.4 Å². The highest BCUT2D eigenvalue weighted by Crippen LogP contribution is 2.29. The Morgan fingerprint density at radius 2 is 2.04 bits per heavy atom. The van der Waals surface area contributed by atoms with E-state index in [1.54, 1.807) is 13.0 Å². The van der Waals surface area contributed by atoms with Crippen molar-refractivity contribution >= 4 is 33.8 Å². The van der Waals surface area contributed by atoms with Crippen molar-refractivity contribution in [1.29, 1.82) is 0 Å². The predicted octanol–water partition coefficient (Wildman–Crippen LogP) is 4.02. The Hall–Kier alpha value is -3.06. The van der Waals surface area contributed by atoms with Gasteiger partial charge in [0.2, 0.25) is 0 Å². The van der Waals surface area contributed by atoms with Gasteiger partial charge in [-0.2, -0.15) is 0 Å². The fraction of sp³-hybridized carbons (Fsp3) is 0.111. The molecule has 0 fully saturated rings. The summed E-state index contributed by atoms with van der Waals surface area (Å²) in [6, 6.07) is 12.2. The molecule has 3 aromatic rings. The summed E-state index contributed by atoms with van der Waals surface area (Å²) in [4.78, 5) is 16.2. The zero-order chi connectivity index (χ0) is 17.8. The monoisotopic (exact) mass is 355 g/mol. The van der Waals surface area contributed by atoms with Gasteiger partial charge in [-0.1, -0.05) is 12.1 Å². The number of nitrogens with zero attached hydrogens (tertiary/aromatic N) is 1. The number of nitrogens with one attached hydrogen (secondary N) is 1. The zero-order valence-corrected chi connectivity index (χ0v) is 14.3. The normalized spacial score (nSPS) is 10.4. The molecule has 1 aromatic heterocycles. The Morgan fingerprint density at radius 1 is 1.28 bits per heavy atom. The van der Waals surface area contributed by atoms with Crippen LogP contribution in [0.25, 0.3) is 11.3 Å². The molecule has 0 unspecified atom stereocenters. The van der Waals surface area contributed by atoms with Crippen LogP contribution in [0.4, 0.5) is 16.5 Å². The Balaban J connectivity index is 1.76. The van der Waals surface area contributed by atoms with Crippen LogP contribution in [0, 0.1) is 0 Å². The quantitative estimate of drug-likeness (QED) is 0.472. The SMILES string of the molecule is CCOC(=O)c1ccc(Nc2nc(-c3ccc(N)cc3)cs2)cc1O. The van der Waals surface area contributed by atoms with Gasteiger partial charge >= 0.3 is 5.97 Å². The maximum Gasteiger partial charge on any atom is 0.341 e. The van der Waals surface area contributed by atoms with E-state index in [1.807, 2.05) is 29.6 Å². The first kappa shape index (κ1) is 16.8. The molecule has 1 heterocycles. The van der Waals surface area contributed by atoms with E-state index in [0.29, 0.717) is 16.5 Å². The van der Waals surface area contributed by atoms with Gasteiger partial charge in [-0.25, -0.2) is 9.78 Å². The van der Waals surface area contributed by atoms with Crippen LogP contribution in [0.3, 0.4) is 0 Å². The minimum atomic E-state index is -0.550. The number of nitrogen functional groups attached to an aromatic ring is 1. The van der Waals surface area contributed by atoms with Crippen molar-refractivity contribution in [2.75, 3.05) is 17.7 Å². The molecule has 4 N–H and O–H groups in total. The third-order valence-electron chi connectivity index (χ3n) is 3.45. The number of rotatable bonds is 5. The summed E-state index contributed by atoms with van der Waals surface area (Å²) in [6.45, 7) is 1.97. The first-order valence-corrected chi connectivity index (χ1v) is 8.53. The van der Waals surface area contributed by atoms with E-state index in [2.05, 4.69) is 10.3 Å². The van der Waals surface area contributed by atoms with Gasteiger partial charge in [-0.3, -0.25) is 0 Å². The molecule has 0 atom stereocenters. The summed E-state index contributed by atoms with van der Waals surface area (Å²) in [5.74, 6) is -0.690. The molecule has 0 aliphatic heterocycles. The van der Waals surface area contributed by atoms with Crippen LogP contribution in [0.5, 0.6) is 5.75 Å². The number of esters is 1. The van der Waals surface area contributed by atoms with Crippen LogP contribution >= 0.6 is 11.3 Å². The Morgan fingerprint density at radius 3 is 2.72 bits per heavy atom. The largest absolute Gasteiger partial charge is 0.507 e. The smallest absolute Gasteiger partial charge is 0.341 e. The highest BCUT2D eigenvalue weighted by molar-refractivity contribution is 7.14. The molecule has 0 aliphatic carbocycles. The van der Waals surface area contributed by atoms with Crippen molar-refractivity contribution in [2.45, 2.75) is 6.92 Å². The molecule has 25 heavy (non-hydrogen) atoms. The van der Waals surface area contributed by atoms with Crippen LogP contribution in [-0.4, -0.2) is 22.7 Å². The number of aromatic hydroxyl groups is 1. The predicted molar refractivity (Wildman–Crippen MR) is 99.3 cm³/mol. The molecule has 0 amide bonds.